The van der Waals surface area contributed by atoms with Crippen LogP contribution in [0.25, 0.3) is 22.4 Å². The molecule has 3 aromatic carbocycles. The van der Waals surface area contributed by atoms with E-state index in [-0.39, 0.29) is 31.5 Å². The molecule has 0 spiro atoms. The number of halogens is 4. The van der Waals surface area contributed by atoms with Gasteiger partial charge in [0, 0.05) is 10.0 Å². The summed E-state index contributed by atoms with van der Waals surface area (Å²) in [6.45, 7) is 0. The third-order valence-corrected chi connectivity index (χ3v) is 8.37. The van der Waals surface area contributed by atoms with E-state index >= 15 is 0 Å². The summed E-state index contributed by atoms with van der Waals surface area (Å²) in [4.78, 5) is 19.0. The fraction of sp³-hybridized carbons (Fsp3) is 0.0476. The average molecular weight is 634 g/mol. The molecule has 0 saturated heterocycles. The number of imidazole rings is 1. The van der Waals surface area contributed by atoms with Crippen molar-refractivity contribution < 1.29 is 26.5 Å². The predicted octanol–water partition coefficient (Wildman–Crippen LogP) is 5.42. The molecule has 176 valence electrons. The molecule has 0 saturated carbocycles. The number of hydrogen-bond donors (Lipinski definition) is 2. The molecule has 1 aromatic heterocycles. The number of para-hydroxylation sites is 1. The van der Waals surface area contributed by atoms with Crippen LogP contribution >= 0.6 is 43.5 Å². The number of benzene rings is 3. The number of hydrogen-bond acceptors (Lipinski definition) is 6. The second kappa shape index (κ2) is 9.17. The van der Waals surface area contributed by atoms with E-state index in [1.165, 1.54) is 13.2 Å². The van der Waals surface area contributed by atoms with Crippen LogP contribution in [0.4, 0.5) is 4.39 Å². The van der Waals surface area contributed by atoms with Crippen molar-refractivity contribution in [1.82, 2.24) is 9.97 Å². The quantitative estimate of drug-likeness (QED) is 0.273. The first-order valence-electron chi connectivity index (χ1n) is 9.28. The lowest BCUT2D eigenvalue weighted by Crippen LogP contribution is -2.11. The van der Waals surface area contributed by atoms with Gasteiger partial charge in [-0.15, -0.1) is 0 Å². The highest BCUT2D eigenvalue weighted by molar-refractivity contribution is 9.13. The van der Waals surface area contributed by atoms with Gasteiger partial charge in [-0.25, -0.2) is 9.37 Å². The van der Waals surface area contributed by atoms with Crippen molar-refractivity contribution in [1.29, 1.82) is 0 Å². The van der Waals surface area contributed by atoms with Crippen molar-refractivity contribution in [2.75, 3.05) is 7.11 Å². The summed E-state index contributed by atoms with van der Waals surface area (Å²) in [6, 6.07) is 9.36. The number of rotatable bonds is 6. The van der Waals surface area contributed by atoms with Crippen LogP contribution < -0.4 is 14.7 Å². The van der Waals surface area contributed by atoms with E-state index < -0.39 is 21.8 Å². The van der Waals surface area contributed by atoms with E-state index in [0.29, 0.717) is 26.9 Å². The first kappa shape index (κ1) is 24.5. The molecule has 0 aliphatic heterocycles. The third kappa shape index (κ3) is 4.38. The molecule has 0 fully saturated rings. The molecule has 0 aliphatic carbocycles. The Kier molecular flexibility index (Phi) is 6.60. The summed E-state index contributed by atoms with van der Waals surface area (Å²) in [5.41, 5.74) is 7.11. The van der Waals surface area contributed by atoms with Crippen LogP contribution in [0.3, 0.4) is 0 Å². The molecule has 13 heteroatoms. The van der Waals surface area contributed by atoms with Gasteiger partial charge < -0.3 is 19.6 Å². The van der Waals surface area contributed by atoms with Gasteiger partial charge in [-0.3, -0.25) is 4.79 Å². The molecule has 3 N–H and O–H groups in total. The summed E-state index contributed by atoms with van der Waals surface area (Å²) >= 11 is 12.5. The van der Waals surface area contributed by atoms with Crippen LogP contribution in [0.15, 0.2) is 56.3 Å². The van der Waals surface area contributed by atoms with Crippen molar-refractivity contribution in [2.24, 2.45) is 5.73 Å². The maximum Gasteiger partial charge on any atom is 0.339 e. The van der Waals surface area contributed by atoms with Crippen molar-refractivity contribution in [3.8, 4) is 22.9 Å². The third-order valence-electron chi connectivity index (χ3n) is 4.75. The monoisotopic (exact) mass is 631 g/mol. The van der Waals surface area contributed by atoms with Gasteiger partial charge >= 0.3 is 10.1 Å². The number of aromatic nitrogens is 2. The number of carbonyl (C=O) groups excluding carboxylic acids is 1. The largest absolute Gasteiger partial charge is 0.493 e. The number of ether oxygens (including phenoxy) is 1. The van der Waals surface area contributed by atoms with Crippen molar-refractivity contribution in [3.05, 3.63) is 67.8 Å². The Morgan fingerprint density at radius 3 is 2.56 bits per heavy atom. The Hall–Kier alpha value is -2.67. The lowest BCUT2D eigenvalue weighted by atomic mass is 10.2. The zero-order chi connectivity index (χ0) is 24.8. The summed E-state index contributed by atoms with van der Waals surface area (Å²) < 4.78 is 50.4. The Bertz CT molecular complexity index is 1580. The van der Waals surface area contributed by atoms with Gasteiger partial charge in [-0.1, -0.05) is 17.7 Å². The van der Waals surface area contributed by atoms with Crippen LogP contribution in [0.5, 0.6) is 11.5 Å². The molecular weight excluding hydrogens is 621 g/mol. The minimum Gasteiger partial charge on any atom is -0.493 e. The molecular formula is C21H13Br2ClFN3O5S. The molecule has 0 radical (unpaired) electrons. The van der Waals surface area contributed by atoms with E-state index in [9.17, 15) is 17.6 Å². The summed E-state index contributed by atoms with van der Waals surface area (Å²) in [5, 5.41) is -0.368. The van der Waals surface area contributed by atoms with Crippen LogP contribution in [0, 0.1) is 5.82 Å². The molecule has 8 nitrogen and oxygen atoms in total. The number of carbonyl (C=O) groups is 1. The van der Waals surface area contributed by atoms with E-state index in [0.717, 1.165) is 18.2 Å². The highest BCUT2D eigenvalue weighted by atomic mass is 79.9. The lowest BCUT2D eigenvalue weighted by molar-refractivity contribution is 0.100. The minimum atomic E-state index is -4.39. The highest BCUT2D eigenvalue weighted by Gasteiger charge is 2.26. The van der Waals surface area contributed by atoms with Crippen LogP contribution in [0.1, 0.15) is 10.4 Å². The molecule has 0 aliphatic rings. The lowest BCUT2D eigenvalue weighted by Gasteiger charge is -2.15. The second-order valence-electron chi connectivity index (χ2n) is 6.85. The zero-order valence-corrected chi connectivity index (χ0v) is 21.8. The van der Waals surface area contributed by atoms with Gasteiger partial charge in [0.1, 0.15) is 22.1 Å². The van der Waals surface area contributed by atoms with Crippen molar-refractivity contribution in [3.63, 3.8) is 0 Å². The fourth-order valence-corrected chi connectivity index (χ4v) is 5.44. The van der Waals surface area contributed by atoms with Crippen molar-refractivity contribution in [2.45, 2.75) is 4.90 Å². The van der Waals surface area contributed by atoms with E-state index in [2.05, 4.69) is 41.8 Å². The smallest absolute Gasteiger partial charge is 0.339 e. The molecule has 4 rings (SSSR count). The van der Waals surface area contributed by atoms with Crippen LogP contribution in [-0.2, 0) is 10.1 Å². The average Bonchev–Trinajstić information content (AvgIpc) is 3.22. The predicted molar refractivity (Wildman–Crippen MR) is 131 cm³/mol. The minimum absolute atomic E-state index is 0.0532. The summed E-state index contributed by atoms with van der Waals surface area (Å²) in [6.07, 6.45) is 0. The molecule has 1 heterocycles. The number of methoxy groups -OCH3 is 1. The highest BCUT2D eigenvalue weighted by Crippen LogP contribution is 2.47. The first-order chi connectivity index (χ1) is 16.0. The number of aromatic amines is 1. The zero-order valence-electron chi connectivity index (χ0n) is 17.0. The standard InChI is InChI=1S/C21H13Br2ClFN3O5S/c1-32-15-8-11(21-27-14-4-2-3-10(20(26)29)18(14)28-21)16(22)17(23)19(15)33-34(30,31)9-5-6-13(25)12(24)7-9/h2-8H,1H3,(H2,26,29)(H,27,28). The molecule has 34 heavy (non-hydrogen) atoms. The number of primary amides is 1. The number of amides is 1. The molecule has 1 amide bonds. The Morgan fingerprint density at radius 2 is 1.91 bits per heavy atom. The first-order valence-corrected chi connectivity index (χ1v) is 12.6. The SMILES string of the molecule is COc1cc(-c2nc3c(C(N)=O)cccc3[nH]2)c(Br)c(Br)c1OS(=O)(=O)c1ccc(F)c(Cl)c1. The maximum atomic E-state index is 13.5. The molecule has 0 bridgehead atoms. The number of nitrogens with one attached hydrogen (secondary N) is 1. The number of fused-ring (bicyclic) bond motifs is 1. The Morgan fingerprint density at radius 1 is 1.18 bits per heavy atom. The summed E-state index contributed by atoms with van der Waals surface area (Å²) in [5.74, 6) is -1.15. The Balaban J connectivity index is 1.82. The second-order valence-corrected chi connectivity index (χ2v) is 10.4. The van der Waals surface area contributed by atoms with Crippen LogP contribution in [0.2, 0.25) is 5.02 Å². The van der Waals surface area contributed by atoms with Gasteiger partial charge in [-0.05, 0) is 68.3 Å². The summed E-state index contributed by atoms with van der Waals surface area (Å²) in [7, 11) is -3.06. The van der Waals surface area contributed by atoms with Gasteiger partial charge in [0.15, 0.2) is 11.5 Å². The van der Waals surface area contributed by atoms with Gasteiger partial charge in [0.25, 0.3) is 5.91 Å². The van der Waals surface area contributed by atoms with Gasteiger partial charge in [-0.2, -0.15) is 8.42 Å². The van der Waals surface area contributed by atoms with E-state index in [1.807, 2.05) is 0 Å². The fourth-order valence-electron chi connectivity index (χ4n) is 3.14. The molecule has 0 unspecified atom stereocenters. The van der Waals surface area contributed by atoms with Gasteiger partial charge in [0.05, 0.1) is 27.7 Å². The van der Waals surface area contributed by atoms with Crippen molar-refractivity contribution >= 4 is 70.5 Å². The molecule has 4 aromatic rings. The van der Waals surface area contributed by atoms with E-state index in [1.54, 1.807) is 18.2 Å². The van der Waals surface area contributed by atoms with Gasteiger partial charge in [0.2, 0.25) is 0 Å². The normalized spacial score (nSPS) is 11.6. The van der Waals surface area contributed by atoms with Crippen LogP contribution in [-0.4, -0.2) is 31.4 Å². The number of nitrogens with zero attached hydrogens (tertiary/aromatic N) is 1. The number of nitrogens with two attached hydrogens (primary N) is 1. The van der Waals surface area contributed by atoms with E-state index in [4.69, 9.17) is 26.3 Å². The maximum absolute atomic E-state index is 13.5. The Labute approximate surface area is 214 Å². The number of H-pyrrole nitrogens is 1. The topological polar surface area (TPSA) is 124 Å². The molecule has 0 atom stereocenters.